The van der Waals surface area contributed by atoms with E-state index in [0.29, 0.717) is 33.7 Å². The second kappa shape index (κ2) is 8.63. The predicted octanol–water partition coefficient (Wildman–Crippen LogP) is 3.74. The van der Waals surface area contributed by atoms with E-state index in [1.807, 2.05) is 30.3 Å². The van der Waals surface area contributed by atoms with Gasteiger partial charge in [-0.15, -0.1) is 0 Å². The van der Waals surface area contributed by atoms with Gasteiger partial charge in [0.05, 0.1) is 31.0 Å². The zero-order valence-corrected chi connectivity index (χ0v) is 17.7. The number of amides is 1. The number of nitrogens with one attached hydrogen (secondary N) is 1. The number of ether oxygens (including phenoxy) is 3. The molecule has 31 heavy (non-hydrogen) atoms. The Morgan fingerprint density at radius 1 is 1.03 bits per heavy atom. The minimum atomic E-state index is -0.885. The van der Waals surface area contributed by atoms with Crippen LogP contribution in [0.2, 0.25) is 0 Å². The second-order valence-corrected chi connectivity index (χ2v) is 7.47. The molecule has 0 bridgehead atoms. The van der Waals surface area contributed by atoms with E-state index >= 15 is 0 Å². The van der Waals surface area contributed by atoms with Gasteiger partial charge in [-0.05, 0) is 50.1 Å². The summed E-state index contributed by atoms with van der Waals surface area (Å²) in [6, 6.07) is 14.6. The van der Waals surface area contributed by atoms with Crippen LogP contribution in [-0.2, 0) is 9.53 Å². The van der Waals surface area contributed by atoms with E-state index in [2.05, 4.69) is 5.32 Å². The second-order valence-electron chi connectivity index (χ2n) is 7.47. The number of nitrogens with zero attached hydrogens (tertiary/aromatic N) is 1. The number of fused-ring (bicyclic) bond motifs is 1. The molecule has 1 atom stereocenters. The first-order chi connectivity index (χ1) is 15.0. The van der Waals surface area contributed by atoms with Crippen LogP contribution in [0.25, 0.3) is 22.2 Å². The summed E-state index contributed by atoms with van der Waals surface area (Å²) in [5.41, 5.74) is 2.34. The van der Waals surface area contributed by atoms with Gasteiger partial charge >= 0.3 is 5.97 Å². The normalized spacial score (nSPS) is 14.0. The molecule has 0 saturated heterocycles. The summed E-state index contributed by atoms with van der Waals surface area (Å²) in [6.45, 7) is 1.58. The van der Waals surface area contributed by atoms with Crippen LogP contribution in [-0.4, -0.2) is 43.2 Å². The van der Waals surface area contributed by atoms with Crippen molar-refractivity contribution in [3.63, 3.8) is 0 Å². The van der Waals surface area contributed by atoms with Crippen molar-refractivity contribution in [2.24, 2.45) is 0 Å². The third-order valence-electron chi connectivity index (χ3n) is 5.19. The van der Waals surface area contributed by atoms with Crippen LogP contribution in [0.5, 0.6) is 11.5 Å². The molecule has 0 radical (unpaired) electrons. The molecule has 7 heteroatoms. The first-order valence-electron chi connectivity index (χ1n) is 10.1. The fraction of sp³-hybridized carbons (Fsp3) is 0.292. The number of benzene rings is 2. The molecular formula is C24H24N2O5. The largest absolute Gasteiger partial charge is 0.493 e. The van der Waals surface area contributed by atoms with Gasteiger partial charge in [0.15, 0.2) is 17.6 Å². The number of hydrogen-bond donors (Lipinski definition) is 1. The molecule has 1 fully saturated rings. The van der Waals surface area contributed by atoms with E-state index in [0.717, 1.165) is 18.4 Å². The Labute approximate surface area is 180 Å². The van der Waals surface area contributed by atoms with Crippen molar-refractivity contribution in [3.8, 4) is 22.8 Å². The van der Waals surface area contributed by atoms with Gasteiger partial charge in [-0.3, -0.25) is 4.79 Å². The molecule has 2 aromatic carbocycles. The highest BCUT2D eigenvalue weighted by Crippen LogP contribution is 2.33. The van der Waals surface area contributed by atoms with E-state index in [1.54, 1.807) is 39.3 Å². The third kappa shape index (κ3) is 4.45. The quantitative estimate of drug-likeness (QED) is 0.586. The fourth-order valence-electron chi connectivity index (χ4n) is 3.31. The smallest absolute Gasteiger partial charge is 0.339 e. The first kappa shape index (κ1) is 20.7. The van der Waals surface area contributed by atoms with Crippen molar-refractivity contribution in [3.05, 3.63) is 54.1 Å². The van der Waals surface area contributed by atoms with Crippen LogP contribution in [0, 0.1) is 0 Å². The van der Waals surface area contributed by atoms with Crippen molar-refractivity contribution in [2.45, 2.75) is 31.9 Å². The highest BCUT2D eigenvalue weighted by molar-refractivity contribution is 6.05. The number of aromatic nitrogens is 1. The Bertz CT molecular complexity index is 1140. The lowest BCUT2D eigenvalue weighted by Gasteiger charge is -2.15. The summed E-state index contributed by atoms with van der Waals surface area (Å²) >= 11 is 0. The third-order valence-corrected chi connectivity index (χ3v) is 5.19. The molecule has 1 saturated carbocycles. The average molecular weight is 420 g/mol. The highest BCUT2D eigenvalue weighted by Gasteiger charge is 2.28. The Morgan fingerprint density at radius 3 is 2.48 bits per heavy atom. The summed E-state index contributed by atoms with van der Waals surface area (Å²) in [5.74, 6) is 0.305. The summed E-state index contributed by atoms with van der Waals surface area (Å²) < 4.78 is 16.2. The SMILES string of the molecule is COc1ccc(-c2cc(C(=O)O[C@@H](C)C(=O)NC3CC3)c3ccccc3n2)cc1OC. The van der Waals surface area contributed by atoms with Gasteiger partial charge in [0.25, 0.3) is 5.91 Å². The van der Waals surface area contributed by atoms with E-state index in [-0.39, 0.29) is 11.9 Å². The molecule has 1 aliphatic rings. The number of hydrogen-bond acceptors (Lipinski definition) is 6. The van der Waals surface area contributed by atoms with Gasteiger partial charge < -0.3 is 19.5 Å². The standard InChI is InChI=1S/C24H24N2O5/c1-14(23(27)25-16-9-10-16)31-24(28)18-13-20(26-19-7-5-4-6-17(18)19)15-8-11-21(29-2)22(12-15)30-3/h4-8,11-14,16H,9-10H2,1-3H3,(H,25,27)/t14-/m0/s1. The van der Waals surface area contributed by atoms with Crippen molar-refractivity contribution in [2.75, 3.05) is 14.2 Å². The van der Waals surface area contributed by atoms with Crippen LogP contribution in [0.1, 0.15) is 30.1 Å². The van der Waals surface area contributed by atoms with Crippen LogP contribution < -0.4 is 14.8 Å². The van der Waals surface area contributed by atoms with Crippen molar-refractivity contribution < 1.29 is 23.8 Å². The van der Waals surface area contributed by atoms with Crippen LogP contribution >= 0.6 is 0 Å². The molecule has 160 valence electrons. The van der Waals surface area contributed by atoms with E-state index in [4.69, 9.17) is 19.2 Å². The molecule has 1 N–H and O–H groups in total. The van der Waals surface area contributed by atoms with Gasteiger partial charge in [-0.25, -0.2) is 9.78 Å². The van der Waals surface area contributed by atoms with E-state index in [9.17, 15) is 9.59 Å². The number of rotatable bonds is 7. The molecule has 0 unspecified atom stereocenters. The van der Waals surface area contributed by atoms with Gasteiger partial charge in [-0.1, -0.05) is 18.2 Å². The lowest BCUT2D eigenvalue weighted by Crippen LogP contribution is -2.37. The first-order valence-corrected chi connectivity index (χ1v) is 10.1. The number of carbonyl (C=O) groups excluding carboxylic acids is 2. The number of carbonyl (C=O) groups is 2. The summed E-state index contributed by atoms with van der Waals surface area (Å²) in [7, 11) is 3.13. The zero-order valence-electron chi connectivity index (χ0n) is 17.7. The van der Waals surface area contributed by atoms with E-state index in [1.165, 1.54) is 0 Å². The molecule has 7 nitrogen and oxygen atoms in total. The molecule has 0 aliphatic heterocycles. The van der Waals surface area contributed by atoms with Gasteiger partial charge in [0.1, 0.15) is 0 Å². The molecule has 4 rings (SSSR count). The maximum absolute atomic E-state index is 13.0. The molecule has 0 spiro atoms. The predicted molar refractivity (Wildman–Crippen MR) is 116 cm³/mol. The zero-order chi connectivity index (χ0) is 22.0. The summed E-state index contributed by atoms with van der Waals surface area (Å²) in [6.07, 6.45) is 1.05. The van der Waals surface area contributed by atoms with Crippen molar-refractivity contribution >= 4 is 22.8 Å². The molecule has 1 aliphatic carbocycles. The van der Waals surface area contributed by atoms with Crippen LogP contribution in [0.15, 0.2) is 48.5 Å². The molecule has 1 heterocycles. The van der Waals surface area contributed by atoms with Crippen molar-refractivity contribution in [1.82, 2.24) is 10.3 Å². The lowest BCUT2D eigenvalue weighted by molar-refractivity contribution is -0.129. The lowest BCUT2D eigenvalue weighted by atomic mass is 10.0. The van der Waals surface area contributed by atoms with Gasteiger partial charge in [-0.2, -0.15) is 0 Å². The topological polar surface area (TPSA) is 86.8 Å². The molecule has 1 aromatic heterocycles. The monoisotopic (exact) mass is 420 g/mol. The number of para-hydroxylation sites is 1. The highest BCUT2D eigenvalue weighted by atomic mass is 16.5. The van der Waals surface area contributed by atoms with Crippen LogP contribution in [0.4, 0.5) is 0 Å². The molecular weight excluding hydrogens is 396 g/mol. The van der Waals surface area contributed by atoms with Crippen molar-refractivity contribution in [1.29, 1.82) is 0 Å². The number of methoxy groups -OCH3 is 2. The van der Waals surface area contributed by atoms with Gasteiger partial charge in [0.2, 0.25) is 0 Å². The maximum atomic E-state index is 13.0. The minimum Gasteiger partial charge on any atom is -0.493 e. The van der Waals surface area contributed by atoms with E-state index < -0.39 is 12.1 Å². The fourth-order valence-corrected chi connectivity index (χ4v) is 3.31. The number of pyridine rings is 1. The maximum Gasteiger partial charge on any atom is 0.339 e. The van der Waals surface area contributed by atoms with Gasteiger partial charge in [0, 0.05) is 17.0 Å². The molecule has 1 amide bonds. The Morgan fingerprint density at radius 2 is 1.77 bits per heavy atom. The van der Waals surface area contributed by atoms with Crippen LogP contribution in [0.3, 0.4) is 0 Å². The number of esters is 1. The Kier molecular flexibility index (Phi) is 5.75. The minimum absolute atomic E-state index is 0.201. The average Bonchev–Trinajstić information content (AvgIpc) is 3.61. The Hall–Kier alpha value is -3.61. The Balaban J connectivity index is 1.69. The summed E-state index contributed by atoms with van der Waals surface area (Å²) in [4.78, 5) is 29.9. The molecule has 3 aromatic rings. The summed E-state index contributed by atoms with van der Waals surface area (Å²) in [5, 5.41) is 3.51.